The number of benzene rings is 1. The van der Waals surface area contributed by atoms with E-state index >= 15 is 0 Å². The Hall–Kier alpha value is -2.32. The fourth-order valence-electron chi connectivity index (χ4n) is 2.96. The van der Waals surface area contributed by atoms with Gasteiger partial charge in [0.25, 0.3) is 5.91 Å². The Morgan fingerprint density at radius 3 is 2.89 bits per heavy atom. The molecule has 0 radical (unpaired) electrons. The smallest absolute Gasteiger partial charge is 0.276 e. The van der Waals surface area contributed by atoms with E-state index in [1.807, 2.05) is 40.9 Å². The molecule has 1 aliphatic heterocycles. The minimum absolute atomic E-state index is 0.0142. The van der Waals surface area contributed by atoms with Crippen LogP contribution in [0.4, 0.5) is 0 Å². The minimum atomic E-state index is -0.0142. The van der Waals surface area contributed by atoms with E-state index in [9.17, 15) is 4.79 Å². The highest BCUT2D eigenvalue weighted by atomic mass is 32.2. The molecule has 2 heterocycles. The van der Waals surface area contributed by atoms with E-state index in [2.05, 4.69) is 34.4 Å². The number of nitrogens with zero attached hydrogens (tertiary/aromatic N) is 5. The van der Waals surface area contributed by atoms with Crippen LogP contribution in [-0.2, 0) is 6.54 Å². The van der Waals surface area contributed by atoms with Crippen molar-refractivity contribution >= 4 is 23.7 Å². The van der Waals surface area contributed by atoms with Gasteiger partial charge in [0.1, 0.15) is 5.75 Å². The fraction of sp³-hybridized carbons (Fsp3) is 0.450. The van der Waals surface area contributed by atoms with Crippen LogP contribution < -0.4 is 4.74 Å². The van der Waals surface area contributed by atoms with Crippen LogP contribution in [0.3, 0.4) is 0 Å². The molecule has 3 rings (SSSR count). The summed E-state index contributed by atoms with van der Waals surface area (Å²) in [4.78, 5) is 16.5. The largest absolute Gasteiger partial charge is 0.496 e. The topological polar surface area (TPSA) is 63.5 Å². The van der Waals surface area contributed by atoms with E-state index in [0.717, 1.165) is 49.0 Å². The summed E-state index contributed by atoms with van der Waals surface area (Å²) >= 11 is 1.88. The Labute approximate surface area is 170 Å². The van der Waals surface area contributed by atoms with Crippen molar-refractivity contribution < 1.29 is 9.53 Å². The number of rotatable bonds is 8. The van der Waals surface area contributed by atoms with Gasteiger partial charge in [0.05, 0.1) is 19.9 Å². The molecular formula is C20H27N5O2S. The predicted octanol–water partition coefficient (Wildman–Crippen LogP) is 2.12. The highest BCUT2D eigenvalue weighted by Gasteiger charge is 2.21. The van der Waals surface area contributed by atoms with Crippen molar-refractivity contribution in [2.24, 2.45) is 0 Å². The van der Waals surface area contributed by atoms with Crippen molar-refractivity contribution in [3.63, 3.8) is 0 Å². The highest BCUT2D eigenvalue weighted by Crippen LogP contribution is 2.18. The molecule has 28 heavy (non-hydrogen) atoms. The number of carbonyl (C=O) groups is 1. The lowest BCUT2D eigenvalue weighted by atomic mass is 10.2. The summed E-state index contributed by atoms with van der Waals surface area (Å²) in [6.45, 7) is 3.89. The number of methoxy groups -OCH3 is 1. The molecule has 1 fully saturated rings. The van der Waals surface area contributed by atoms with Gasteiger partial charge in [-0.25, -0.2) is 0 Å². The molecule has 0 N–H and O–H groups in total. The van der Waals surface area contributed by atoms with Gasteiger partial charge in [-0.05, 0) is 13.1 Å². The normalized spacial score (nSPS) is 14.8. The van der Waals surface area contributed by atoms with Crippen LogP contribution in [0, 0.1) is 0 Å². The van der Waals surface area contributed by atoms with E-state index in [1.165, 1.54) is 0 Å². The van der Waals surface area contributed by atoms with Gasteiger partial charge in [-0.2, -0.15) is 11.8 Å². The van der Waals surface area contributed by atoms with Crippen molar-refractivity contribution in [3.05, 3.63) is 47.8 Å². The zero-order valence-corrected chi connectivity index (χ0v) is 17.3. The lowest BCUT2D eigenvalue weighted by molar-refractivity contribution is 0.0766. The SMILES string of the molecule is COc1ccccc1/C=C/CN(C)CCn1cc(C(=O)N2CCSCC2)nn1. The molecule has 7 nitrogen and oxygen atoms in total. The summed E-state index contributed by atoms with van der Waals surface area (Å²) in [5, 5.41) is 8.17. The molecule has 1 aliphatic rings. The summed E-state index contributed by atoms with van der Waals surface area (Å²) < 4.78 is 7.10. The maximum Gasteiger partial charge on any atom is 0.276 e. The van der Waals surface area contributed by atoms with E-state index in [1.54, 1.807) is 18.0 Å². The lowest BCUT2D eigenvalue weighted by Crippen LogP contribution is -2.38. The van der Waals surface area contributed by atoms with Gasteiger partial charge < -0.3 is 14.5 Å². The lowest BCUT2D eigenvalue weighted by Gasteiger charge is -2.25. The first-order chi connectivity index (χ1) is 13.7. The van der Waals surface area contributed by atoms with Gasteiger partial charge in [-0.3, -0.25) is 9.48 Å². The van der Waals surface area contributed by atoms with Crippen LogP contribution in [0.1, 0.15) is 16.1 Å². The fourth-order valence-corrected chi connectivity index (χ4v) is 3.87. The van der Waals surface area contributed by atoms with E-state index in [-0.39, 0.29) is 5.91 Å². The van der Waals surface area contributed by atoms with Crippen molar-refractivity contribution in [1.29, 1.82) is 0 Å². The standard InChI is InChI=1S/C20H27N5O2S/c1-23(9-5-7-17-6-3-4-8-19(17)27-2)10-11-25-16-18(21-22-25)20(26)24-12-14-28-15-13-24/h3-8,16H,9-15H2,1-2H3/b7-5+. The number of thioether (sulfide) groups is 1. The number of ether oxygens (including phenoxy) is 1. The van der Waals surface area contributed by atoms with E-state index < -0.39 is 0 Å². The van der Waals surface area contributed by atoms with Crippen LogP contribution in [0.15, 0.2) is 36.5 Å². The molecule has 1 saturated heterocycles. The number of likely N-dealkylation sites (N-methyl/N-ethyl adjacent to an activating group) is 1. The average molecular weight is 402 g/mol. The molecule has 1 aromatic carbocycles. The predicted molar refractivity (Wildman–Crippen MR) is 113 cm³/mol. The van der Waals surface area contributed by atoms with Gasteiger partial charge in [0.2, 0.25) is 0 Å². The summed E-state index contributed by atoms with van der Waals surface area (Å²) in [6.07, 6.45) is 5.93. The number of hydrogen-bond acceptors (Lipinski definition) is 6. The zero-order chi connectivity index (χ0) is 19.8. The molecule has 0 bridgehead atoms. The Kier molecular flexibility index (Phi) is 7.50. The Balaban J connectivity index is 1.46. The van der Waals surface area contributed by atoms with E-state index in [4.69, 9.17) is 4.74 Å². The van der Waals surface area contributed by atoms with Crippen molar-refractivity contribution in [2.75, 3.05) is 51.8 Å². The third-order valence-corrected chi connectivity index (χ3v) is 5.56. The zero-order valence-electron chi connectivity index (χ0n) is 16.5. The maximum atomic E-state index is 12.5. The number of aromatic nitrogens is 3. The van der Waals surface area contributed by atoms with Crippen LogP contribution in [-0.4, -0.2) is 82.5 Å². The van der Waals surface area contributed by atoms with Gasteiger partial charge in [-0.15, -0.1) is 5.10 Å². The van der Waals surface area contributed by atoms with Gasteiger partial charge in [-0.1, -0.05) is 35.6 Å². The first-order valence-electron chi connectivity index (χ1n) is 9.42. The molecule has 0 aliphatic carbocycles. The Morgan fingerprint density at radius 1 is 1.32 bits per heavy atom. The number of carbonyl (C=O) groups excluding carboxylic acids is 1. The van der Waals surface area contributed by atoms with Crippen LogP contribution in [0.5, 0.6) is 5.75 Å². The molecule has 1 aromatic heterocycles. The maximum absolute atomic E-state index is 12.5. The average Bonchev–Trinajstić information content (AvgIpc) is 3.22. The first kappa shape index (κ1) is 20.4. The molecule has 0 saturated carbocycles. The van der Waals surface area contributed by atoms with Gasteiger partial charge in [0.15, 0.2) is 5.69 Å². The molecule has 2 aromatic rings. The molecule has 0 unspecified atom stereocenters. The number of para-hydroxylation sites is 1. The molecular weight excluding hydrogens is 374 g/mol. The molecule has 0 atom stereocenters. The monoisotopic (exact) mass is 401 g/mol. The second kappa shape index (κ2) is 10.3. The van der Waals surface area contributed by atoms with Crippen molar-refractivity contribution in [3.8, 4) is 5.75 Å². The second-order valence-corrected chi connectivity index (χ2v) is 7.90. The van der Waals surface area contributed by atoms with Crippen LogP contribution >= 0.6 is 11.8 Å². The Bertz CT molecular complexity index is 801. The molecule has 0 spiro atoms. The summed E-state index contributed by atoms with van der Waals surface area (Å²) in [7, 11) is 3.74. The minimum Gasteiger partial charge on any atom is -0.496 e. The summed E-state index contributed by atoms with van der Waals surface area (Å²) in [5.74, 6) is 2.84. The third-order valence-electron chi connectivity index (χ3n) is 4.62. The van der Waals surface area contributed by atoms with Crippen molar-refractivity contribution in [1.82, 2.24) is 24.8 Å². The molecule has 8 heteroatoms. The summed E-state index contributed by atoms with van der Waals surface area (Å²) in [6, 6.07) is 7.95. The van der Waals surface area contributed by atoms with E-state index in [0.29, 0.717) is 12.2 Å². The quantitative estimate of drug-likeness (QED) is 0.675. The summed E-state index contributed by atoms with van der Waals surface area (Å²) in [5.41, 5.74) is 1.50. The first-order valence-corrected chi connectivity index (χ1v) is 10.6. The van der Waals surface area contributed by atoms with Gasteiger partial charge in [0, 0.05) is 43.2 Å². The van der Waals surface area contributed by atoms with Crippen LogP contribution in [0.2, 0.25) is 0 Å². The number of hydrogen-bond donors (Lipinski definition) is 0. The number of amides is 1. The van der Waals surface area contributed by atoms with Crippen molar-refractivity contribution in [2.45, 2.75) is 6.54 Å². The van der Waals surface area contributed by atoms with Gasteiger partial charge >= 0.3 is 0 Å². The third kappa shape index (κ3) is 5.59. The molecule has 1 amide bonds. The highest BCUT2D eigenvalue weighted by molar-refractivity contribution is 7.99. The van der Waals surface area contributed by atoms with Crippen LogP contribution in [0.25, 0.3) is 6.08 Å². The Morgan fingerprint density at radius 2 is 2.11 bits per heavy atom. The molecule has 150 valence electrons. The second-order valence-electron chi connectivity index (χ2n) is 6.68.